The molecule has 0 amide bonds. The number of aromatic hydroxyl groups is 2. The molecule has 0 fully saturated rings. The lowest BCUT2D eigenvalue weighted by atomic mass is 10.1. The fourth-order valence-electron chi connectivity index (χ4n) is 2.07. The van der Waals surface area contributed by atoms with E-state index in [0.29, 0.717) is 24.8 Å². The monoisotopic (exact) mass is 349 g/mol. The second kappa shape index (κ2) is 11.2. The summed E-state index contributed by atoms with van der Waals surface area (Å²) in [5, 5.41) is 21.6. The van der Waals surface area contributed by atoms with Gasteiger partial charge < -0.3 is 24.4 Å². The fraction of sp³-hybridized carbons (Fsp3) is 0.368. The third-order valence-electron chi connectivity index (χ3n) is 3.47. The van der Waals surface area contributed by atoms with Crippen LogP contribution in [0.5, 0.6) is 23.0 Å². The normalized spacial score (nSPS) is 9.92. The van der Waals surface area contributed by atoms with Gasteiger partial charge in [-0.3, -0.25) is 5.32 Å². The van der Waals surface area contributed by atoms with Crippen molar-refractivity contribution in [3.05, 3.63) is 47.5 Å². The first kappa shape index (κ1) is 20.6. The minimum atomic E-state index is 0.156. The van der Waals surface area contributed by atoms with Crippen LogP contribution in [0.25, 0.3) is 0 Å². The van der Waals surface area contributed by atoms with Crippen LogP contribution in [-0.2, 0) is 17.7 Å². The van der Waals surface area contributed by atoms with Crippen LogP contribution in [0.4, 0.5) is 0 Å². The molecule has 6 nitrogen and oxygen atoms in total. The minimum absolute atomic E-state index is 0.156. The highest BCUT2D eigenvalue weighted by Gasteiger charge is 2.02. The molecule has 0 spiro atoms. The summed E-state index contributed by atoms with van der Waals surface area (Å²) in [5.41, 5.74) is 2.20. The van der Waals surface area contributed by atoms with Crippen molar-refractivity contribution in [1.29, 1.82) is 0 Å². The summed E-state index contributed by atoms with van der Waals surface area (Å²) in [6.45, 7) is 3.25. The molecule has 25 heavy (non-hydrogen) atoms. The van der Waals surface area contributed by atoms with E-state index in [2.05, 4.69) is 12.2 Å². The Kier molecular flexibility index (Phi) is 9.21. The van der Waals surface area contributed by atoms with Gasteiger partial charge in [0, 0.05) is 13.7 Å². The number of hydrogen-bond acceptors (Lipinski definition) is 6. The predicted octanol–water partition coefficient (Wildman–Crippen LogP) is 3.06. The van der Waals surface area contributed by atoms with Crippen molar-refractivity contribution in [2.24, 2.45) is 0 Å². The van der Waals surface area contributed by atoms with Crippen LogP contribution in [0.15, 0.2) is 36.4 Å². The van der Waals surface area contributed by atoms with Crippen LogP contribution >= 0.6 is 0 Å². The summed E-state index contributed by atoms with van der Waals surface area (Å²) >= 11 is 0. The second-order valence-corrected chi connectivity index (χ2v) is 5.23. The highest BCUT2D eigenvalue weighted by molar-refractivity contribution is 5.42. The average Bonchev–Trinajstić information content (AvgIpc) is 2.64. The SMILES string of the molecule is CCc1ccc(O)c(OC)c1.COCNCc1ccc(O)c(OC)c1. The molecule has 0 heterocycles. The Morgan fingerprint density at radius 1 is 0.840 bits per heavy atom. The van der Waals surface area contributed by atoms with Gasteiger partial charge >= 0.3 is 0 Å². The fourth-order valence-corrected chi connectivity index (χ4v) is 2.07. The molecule has 138 valence electrons. The summed E-state index contributed by atoms with van der Waals surface area (Å²) in [6.07, 6.45) is 0.955. The molecule has 0 radical (unpaired) electrons. The number of methoxy groups -OCH3 is 3. The summed E-state index contributed by atoms with van der Waals surface area (Å²) < 4.78 is 14.8. The molecular formula is C19H27NO5. The lowest BCUT2D eigenvalue weighted by Gasteiger charge is -2.07. The molecule has 2 rings (SSSR count). The summed E-state index contributed by atoms with van der Waals surface area (Å²) in [6, 6.07) is 10.6. The van der Waals surface area contributed by atoms with Gasteiger partial charge in [0.25, 0.3) is 0 Å². The Balaban J connectivity index is 0.000000257. The second-order valence-electron chi connectivity index (χ2n) is 5.23. The van der Waals surface area contributed by atoms with Crippen molar-refractivity contribution in [2.45, 2.75) is 19.9 Å². The standard InChI is InChI=1S/C10H15NO3.C9H12O2/c1-13-7-11-6-8-3-4-9(12)10(5-8)14-2;1-3-7-4-5-8(10)9(6-7)11-2/h3-5,11-12H,6-7H2,1-2H3;4-6,10H,3H2,1-2H3. The van der Waals surface area contributed by atoms with Crippen LogP contribution in [0, 0.1) is 0 Å². The topological polar surface area (TPSA) is 80.2 Å². The van der Waals surface area contributed by atoms with E-state index < -0.39 is 0 Å². The number of phenolic OH excluding ortho intramolecular Hbond substituents is 2. The molecule has 2 aromatic rings. The van der Waals surface area contributed by atoms with Crippen LogP contribution in [-0.4, -0.2) is 38.3 Å². The number of nitrogens with one attached hydrogen (secondary N) is 1. The zero-order valence-corrected chi connectivity index (χ0v) is 15.2. The van der Waals surface area contributed by atoms with Crippen molar-refractivity contribution < 1.29 is 24.4 Å². The number of phenols is 2. The van der Waals surface area contributed by atoms with Gasteiger partial charge in [0.2, 0.25) is 0 Å². The minimum Gasteiger partial charge on any atom is -0.504 e. The van der Waals surface area contributed by atoms with Gasteiger partial charge in [-0.25, -0.2) is 0 Å². The molecule has 0 saturated carbocycles. The first-order valence-corrected chi connectivity index (χ1v) is 7.97. The quantitative estimate of drug-likeness (QED) is 0.527. The smallest absolute Gasteiger partial charge is 0.160 e. The van der Waals surface area contributed by atoms with E-state index in [4.69, 9.17) is 14.2 Å². The van der Waals surface area contributed by atoms with Crippen LogP contribution in [0.2, 0.25) is 0 Å². The molecule has 0 unspecified atom stereocenters. The van der Waals surface area contributed by atoms with Crippen molar-refractivity contribution >= 4 is 0 Å². The summed E-state index contributed by atoms with van der Waals surface area (Å²) in [5.74, 6) is 1.39. The number of ether oxygens (including phenoxy) is 3. The third-order valence-corrected chi connectivity index (χ3v) is 3.47. The molecule has 6 heteroatoms. The maximum atomic E-state index is 9.34. The molecule has 0 aliphatic heterocycles. The Labute approximate surface area is 149 Å². The number of rotatable bonds is 7. The van der Waals surface area contributed by atoms with Gasteiger partial charge in [-0.05, 0) is 41.8 Å². The van der Waals surface area contributed by atoms with E-state index in [-0.39, 0.29) is 11.5 Å². The van der Waals surface area contributed by atoms with E-state index in [1.807, 2.05) is 18.2 Å². The van der Waals surface area contributed by atoms with E-state index >= 15 is 0 Å². The zero-order valence-electron chi connectivity index (χ0n) is 15.2. The molecule has 0 aliphatic carbocycles. The van der Waals surface area contributed by atoms with Gasteiger partial charge in [-0.15, -0.1) is 0 Å². The van der Waals surface area contributed by atoms with Crippen LogP contribution in [0.1, 0.15) is 18.1 Å². The average molecular weight is 349 g/mol. The maximum absolute atomic E-state index is 9.34. The van der Waals surface area contributed by atoms with Gasteiger partial charge in [-0.1, -0.05) is 19.1 Å². The van der Waals surface area contributed by atoms with Crippen molar-refractivity contribution in [3.63, 3.8) is 0 Å². The van der Waals surface area contributed by atoms with Gasteiger partial charge in [0.1, 0.15) is 0 Å². The van der Waals surface area contributed by atoms with Crippen LogP contribution < -0.4 is 14.8 Å². The van der Waals surface area contributed by atoms with E-state index in [1.54, 1.807) is 32.4 Å². The molecular weight excluding hydrogens is 322 g/mol. The van der Waals surface area contributed by atoms with Crippen molar-refractivity contribution in [1.82, 2.24) is 5.32 Å². The highest BCUT2D eigenvalue weighted by atomic mass is 16.5. The Hall–Kier alpha value is -2.44. The molecule has 0 aromatic heterocycles. The first-order chi connectivity index (χ1) is 12.0. The lowest BCUT2D eigenvalue weighted by Crippen LogP contribution is -2.15. The van der Waals surface area contributed by atoms with E-state index in [1.165, 1.54) is 12.7 Å². The van der Waals surface area contributed by atoms with E-state index in [0.717, 1.165) is 12.0 Å². The highest BCUT2D eigenvalue weighted by Crippen LogP contribution is 2.26. The molecule has 0 aliphatic rings. The molecule has 2 aromatic carbocycles. The summed E-state index contributed by atoms with van der Waals surface area (Å²) in [4.78, 5) is 0. The third kappa shape index (κ3) is 6.91. The van der Waals surface area contributed by atoms with Crippen molar-refractivity contribution in [2.75, 3.05) is 28.1 Å². The Bertz CT molecular complexity index is 646. The number of hydrogen-bond donors (Lipinski definition) is 3. The Morgan fingerprint density at radius 2 is 1.36 bits per heavy atom. The van der Waals surface area contributed by atoms with Gasteiger partial charge in [0.15, 0.2) is 23.0 Å². The number of aryl methyl sites for hydroxylation is 1. The molecule has 0 atom stereocenters. The molecule has 0 bridgehead atoms. The first-order valence-electron chi connectivity index (χ1n) is 7.97. The van der Waals surface area contributed by atoms with Gasteiger partial charge in [-0.2, -0.15) is 0 Å². The molecule has 0 saturated heterocycles. The Morgan fingerprint density at radius 3 is 1.84 bits per heavy atom. The maximum Gasteiger partial charge on any atom is 0.160 e. The zero-order chi connectivity index (χ0) is 18.7. The predicted molar refractivity (Wildman–Crippen MR) is 97.4 cm³/mol. The van der Waals surface area contributed by atoms with Crippen molar-refractivity contribution in [3.8, 4) is 23.0 Å². The van der Waals surface area contributed by atoms with Crippen LogP contribution in [0.3, 0.4) is 0 Å². The summed E-state index contributed by atoms with van der Waals surface area (Å²) in [7, 11) is 4.71. The largest absolute Gasteiger partial charge is 0.504 e. The van der Waals surface area contributed by atoms with E-state index in [9.17, 15) is 10.2 Å². The lowest BCUT2D eigenvalue weighted by molar-refractivity contribution is 0.174. The molecule has 3 N–H and O–H groups in total. The van der Waals surface area contributed by atoms with Gasteiger partial charge in [0.05, 0.1) is 21.0 Å². The number of benzene rings is 2.